The van der Waals surface area contributed by atoms with E-state index in [0.717, 1.165) is 24.5 Å². The predicted molar refractivity (Wildman–Crippen MR) is 86.0 cm³/mol. The van der Waals surface area contributed by atoms with E-state index in [4.69, 9.17) is 4.98 Å². The summed E-state index contributed by atoms with van der Waals surface area (Å²) in [5.41, 5.74) is 3.44. The summed E-state index contributed by atoms with van der Waals surface area (Å²) in [5.74, 6) is 0.436. The molecule has 1 heterocycles. The number of hydrogen-bond acceptors (Lipinski definition) is 3. The summed E-state index contributed by atoms with van der Waals surface area (Å²) in [6.07, 6.45) is 0. The minimum Gasteiger partial charge on any atom is -0.395 e. The van der Waals surface area contributed by atoms with Crippen LogP contribution in [-0.2, 0) is 13.1 Å². The Labute approximate surface area is 127 Å². The smallest absolute Gasteiger partial charge is 0.0558 e. The van der Waals surface area contributed by atoms with E-state index in [1.165, 1.54) is 5.56 Å². The van der Waals surface area contributed by atoms with Crippen molar-refractivity contribution in [3.05, 3.63) is 65.5 Å². The largest absolute Gasteiger partial charge is 0.395 e. The topological polar surface area (TPSA) is 36.4 Å². The Morgan fingerprint density at radius 1 is 1.00 bits per heavy atom. The quantitative estimate of drug-likeness (QED) is 0.848. The number of rotatable bonds is 7. The summed E-state index contributed by atoms with van der Waals surface area (Å²) in [4.78, 5) is 6.94. The maximum Gasteiger partial charge on any atom is 0.0558 e. The molecule has 2 aromatic rings. The SMILES string of the molecule is CC(C)c1cccc(CN(CCO)Cc2ccccc2)n1. The van der Waals surface area contributed by atoms with Crippen LogP contribution in [0.4, 0.5) is 0 Å². The van der Waals surface area contributed by atoms with Gasteiger partial charge < -0.3 is 5.11 Å². The molecule has 21 heavy (non-hydrogen) atoms. The van der Waals surface area contributed by atoms with Crippen molar-refractivity contribution >= 4 is 0 Å². The van der Waals surface area contributed by atoms with Crippen molar-refractivity contribution in [3.63, 3.8) is 0 Å². The first-order valence-corrected chi connectivity index (χ1v) is 7.52. The maximum absolute atomic E-state index is 9.27. The molecule has 0 bridgehead atoms. The first-order chi connectivity index (χ1) is 10.2. The highest BCUT2D eigenvalue weighted by Crippen LogP contribution is 2.13. The molecule has 0 aliphatic heterocycles. The Balaban J connectivity index is 2.07. The third-order valence-corrected chi connectivity index (χ3v) is 3.47. The highest BCUT2D eigenvalue weighted by molar-refractivity contribution is 5.16. The molecule has 3 nitrogen and oxygen atoms in total. The van der Waals surface area contributed by atoms with Gasteiger partial charge >= 0.3 is 0 Å². The van der Waals surface area contributed by atoms with Crippen LogP contribution in [0.5, 0.6) is 0 Å². The number of nitrogens with zero attached hydrogens (tertiary/aromatic N) is 2. The van der Waals surface area contributed by atoms with Gasteiger partial charge in [0.05, 0.1) is 12.3 Å². The van der Waals surface area contributed by atoms with Crippen molar-refractivity contribution in [2.45, 2.75) is 32.9 Å². The fourth-order valence-corrected chi connectivity index (χ4v) is 2.33. The molecule has 0 saturated heterocycles. The first kappa shape index (κ1) is 15.7. The summed E-state index contributed by atoms with van der Waals surface area (Å²) in [6.45, 7) is 6.72. The van der Waals surface area contributed by atoms with E-state index in [1.54, 1.807) is 0 Å². The number of hydrogen-bond donors (Lipinski definition) is 1. The summed E-state index contributed by atoms with van der Waals surface area (Å²) in [6, 6.07) is 16.5. The lowest BCUT2D eigenvalue weighted by molar-refractivity contribution is 0.183. The third-order valence-electron chi connectivity index (χ3n) is 3.47. The Morgan fingerprint density at radius 2 is 1.76 bits per heavy atom. The summed E-state index contributed by atoms with van der Waals surface area (Å²) in [5, 5.41) is 9.27. The molecule has 0 atom stereocenters. The van der Waals surface area contributed by atoms with Gasteiger partial charge in [0, 0.05) is 25.3 Å². The minimum absolute atomic E-state index is 0.163. The zero-order valence-electron chi connectivity index (χ0n) is 12.9. The van der Waals surface area contributed by atoms with Gasteiger partial charge in [-0.05, 0) is 23.6 Å². The average molecular weight is 284 g/mol. The van der Waals surface area contributed by atoms with E-state index in [9.17, 15) is 5.11 Å². The summed E-state index contributed by atoms with van der Waals surface area (Å²) in [7, 11) is 0. The van der Waals surface area contributed by atoms with Crippen molar-refractivity contribution in [1.29, 1.82) is 0 Å². The van der Waals surface area contributed by atoms with E-state index < -0.39 is 0 Å². The highest BCUT2D eigenvalue weighted by Gasteiger charge is 2.09. The average Bonchev–Trinajstić information content (AvgIpc) is 2.49. The number of aromatic nitrogens is 1. The van der Waals surface area contributed by atoms with Gasteiger partial charge in [-0.15, -0.1) is 0 Å². The van der Waals surface area contributed by atoms with E-state index in [-0.39, 0.29) is 6.61 Å². The molecular formula is C18H24N2O. The molecule has 112 valence electrons. The lowest BCUT2D eigenvalue weighted by Crippen LogP contribution is -2.26. The minimum atomic E-state index is 0.163. The van der Waals surface area contributed by atoms with E-state index in [1.807, 2.05) is 18.2 Å². The summed E-state index contributed by atoms with van der Waals surface area (Å²) < 4.78 is 0. The summed E-state index contributed by atoms with van der Waals surface area (Å²) >= 11 is 0. The molecule has 0 aliphatic carbocycles. The van der Waals surface area contributed by atoms with Gasteiger partial charge in [0.15, 0.2) is 0 Å². The van der Waals surface area contributed by atoms with Gasteiger partial charge in [-0.1, -0.05) is 50.2 Å². The molecule has 1 aromatic heterocycles. The van der Waals surface area contributed by atoms with Gasteiger partial charge in [0.2, 0.25) is 0 Å². The number of benzene rings is 1. The lowest BCUT2D eigenvalue weighted by Gasteiger charge is -2.21. The first-order valence-electron chi connectivity index (χ1n) is 7.52. The van der Waals surface area contributed by atoms with Crippen LogP contribution in [0.15, 0.2) is 48.5 Å². The molecule has 1 aromatic carbocycles. The molecule has 0 spiro atoms. The molecule has 0 amide bonds. The molecule has 3 heteroatoms. The zero-order valence-corrected chi connectivity index (χ0v) is 12.9. The fraction of sp³-hybridized carbons (Fsp3) is 0.389. The van der Waals surface area contributed by atoms with Gasteiger partial charge in [0.1, 0.15) is 0 Å². The van der Waals surface area contributed by atoms with E-state index in [0.29, 0.717) is 12.5 Å². The molecule has 0 aliphatic rings. The van der Waals surface area contributed by atoms with Crippen LogP contribution in [0.3, 0.4) is 0 Å². The Bertz CT molecular complexity index is 540. The standard InChI is InChI=1S/C18H24N2O/c1-15(2)18-10-6-9-17(19-18)14-20(11-12-21)13-16-7-4-3-5-8-16/h3-10,15,21H,11-14H2,1-2H3. The van der Waals surface area contributed by atoms with E-state index >= 15 is 0 Å². The monoisotopic (exact) mass is 284 g/mol. The molecular weight excluding hydrogens is 260 g/mol. The van der Waals surface area contributed by atoms with Crippen LogP contribution in [-0.4, -0.2) is 28.1 Å². The molecule has 0 saturated carbocycles. The molecule has 0 unspecified atom stereocenters. The van der Waals surface area contributed by atoms with Crippen molar-refractivity contribution in [3.8, 4) is 0 Å². The second-order valence-electron chi connectivity index (χ2n) is 5.63. The van der Waals surface area contributed by atoms with Gasteiger partial charge in [-0.2, -0.15) is 0 Å². The Kier molecular flexibility index (Phi) is 5.90. The van der Waals surface area contributed by atoms with Crippen LogP contribution < -0.4 is 0 Å². The van der Waals surface area contributed by atoms with Gasteiger partial charge in [0.25, 0.3) is 0 Å². The molecule has 1 N–H and O–H groups in total. The van der Waals surface area contributed by atoms with Crippen LogP contribution in [0.25, 0.3) is 0 Å². The van der Waals surface area contributed by atoms with Crippen LogP contribution in [0.2, 0.25) is 0 Å². The number of aliphatic hydroxyl groups is 1. The fourth-order valence-electron chi connectivity index (χ4n) is 2.33. The third kappa shape index (κ3) is 4.96. The van der Waals surface area contributed by atoms with E-state index in [2.05, 4.69) is 49.1 Å². The van der Waals surface area contributed by atoms with Gasteiger partial charge in [-0.3, -0.25) is 9.88 Å². The van der Waals surface area contributed by atoms with Gasteiger partial charge in [-0.25, -0.2) is 0 Å². The Hall–Kier alpha value is -1.71. The van der Waals surface area contributed by atoms with Crippen LogP contribution >= 0.6 is 0 Å². The molecule has 0 radical (unpaired) electrons. The van der Waals surface area contributed by atoms with Crippen molar-refractivity contribution in [2.75, 3.05) is 13.2 Å². The molecule has 0 fully saturated rings. The van der Waals surface area contributed by atoms with Crippen LogP contribution in [0, 0.1) is 0 Å². The highest BCUT2D eigenvalue weighted by atomic mass is 16.3. The van der Waals surface area contributed by atoms with Crippen molar-refractivity contribution in [2.24, 2.45) is 0 Å². The predicted octanol–water partition coefficient (Wildman–Crippen LogP) is 3.20. The van der Waals surface area contributed by atoms with Crippen LogP contribution in [0.1, 0.15) is 36.7 Å². The lowest BCUT2D eigenvalue weighted by atomic mass is 10.1. The zero-order chi connectivity index (χ0) is 15.1. The second-order valence-corrected chi connectivity index (χ2v) is 5.63. The second kappa shape index (κ2) is 7.91. The molecule has 2 rings (SSSR count). The maximum atomic E-state index is 9.27. The normalized spacial score (nSPS) is 11.3. The van der Waals surface area contributed by atoms with Crippen molar-refractivity contribution in [1.82, 2.24) is 9.88 Å². The Morgan fingerprint density at radius 3 is 2.43 bits per heavy atom. The number of pyridine rings is 1. The van der Waals surface area contributed by atoms with Crippen molar-refractivity contribution < 1.29 is 5.11 Å². The number of aliphatic hydroxyl groups excluding tert-OH is 1.